The Morgan fingerprint density at radius 1 is 1.46 bits per heavy atom. The van der Waals surface area contributed by atoms with Crippen LogP contribution in [-0.4, -0.2) is 11.2 Å². The van der Waals surface area contributed by atoms with Gasteiger partial charge < -0.3 is 0 Å². The minimum Gasteiger partial charge on any atom is -0.293 e. The smallest absolute Gasteiger partial charge is 0.180 e. The van der Waals surface area contributed by atoms with Crippen LogP contribution in [0.2, 0.25) is 5.02 Å². The van der Waals surface area contributed by atoms with Gasteiger partial charge in [-0.05, 0) is 37.6 Å². The summed E-state index contributed by atoms with van der Waals surface area (Å²) in [5.41, 5.74) is 1.51. The molecule has 0 saturated carbocycles. The van der Waals surface area contributed by atoms with Gasteiger partial charge in [0.2, 0.25) is 0 Å². The van der Waals surface area contributed by atoms with E-state index in [1.54, 1.807) is 25.1 Å². The highest BCUT2D eigenvalue weighted by molar-refractivity contribution is 6.34. The molecule has 1 nitrogen and oxygen atoms in total. The van der Waals surface area contributed by atoms with Gasteiger partial charge in [-0.25, -0.2) is 0 Å². The first kappa shape index (κ1) is 10.6. The molecule has 1 aromatic rings. The summed E-state index contributed by atoms with van der Waals surface area (Å²) in [6.07, 6.45) is 0. The lowest BCUT2D eigenvalue weighted by atomic mass is 10.0. The van der Waals surface area contributed by atoms with E-state index in [2.05, 4.69) is 0 Å². The van der Waals surface area contributed by atoms with Crippen LogP contribution in [0.4, 0.5) is 0 Å². The van der Waals surface area contributed by atoms with Gasteiger partial charge in [-0.15, -0.1) is 11.6 Å². The lowest BCUT2D eigenvalue weighted by Crippen LogP contribution is -2.11. The minimum atomic E-state index is -0.486. The molecule has 0 aromatic heterocycles. The number of halogens is 2. The van der Waals surface area contributed by atoms with Crippen molar-refractivity contribution in [3.8, 4) is 0 Å². The van der Waals surface area contributed by atoms with E-state index in [1.165, 1.54) is 0 Å². The van der Waals surface area contributed by atoms with Crippen molar-refractivity contribution < 1.29 is 4.79 Å². The topological polar surface area (TPSA) is 17.1 Å². The predicted octanol–water partition coefficient (Wildman–Crippen LogP) is 3.46. The summed E-state index contributed by atoms with van der Waals surface area (Å²) in [7, 11) is 0. The van der Waals surface area contributed by atoms with Crippen LogP contribution in [0.25, 0.3) is 0 Å². The van der Waals surface area contributed by atoms with Crippen LogP contribution in [0, 0.1) is 6.92 Å². The molecule has 0 aliphatic heterocycles. The lowest BCUT2D eigenvalue weighted by molar-refractivity contribution is 0.0991. The van der Waals surface area contributed by atoms with Crippen molar-refractivity contribution in [2.45, 2.75) is 19.2 Å². The first-order chi connectivity index (χ1) is 6.02. The van der Waals surface area contributed by atoms with Gasteiger partial charge in [0, 0.05) is 10.6 Å². The van der Waals surface area contributed by atoms with Crippen LogP contribution in [-0.2, 0) is 0 Å². The van der Waals surface area contributed by atoms with Crippen LogP contribution in [0.1, 0.15) is 22.8 Å². The van der Waals surface area contributed by atoms with E-state index in [0.29, 0.717) is 10.6 Å². The molecule has 13 heavy (non-hydrogen) atoms. The Balaban J connectivity index is 3.09. The van der Waals surface area contributed by atoms with Crippen molar-refractivity contribution >= 4 is 29.0 Å². The zero-order chi connectivity index (χ0) is 10.0. The molecule has 0 fully saturated rings. The Morgan fingerprint density at radius 3 is 2.54 bits per heavy atom. The molecule has 0 radical (unpaired) electrons. The molecule has 1 rings (SSSR count). The number of alkyl halides is 1. The molecular weight excluding hydrogens is 207 g/mol. The summed E-state index contributed by atoms with van der Waals surface area (Å²) < 4.78 is 0. The first-order valence-corrected chi connectivity index (χ1v) is 4.78. The fraction of sp³-hybridized carbons (Fsp3) is 0.300. The Kier molecular flexibility index (Phi) is 3.34. The SMILES string of the molecule is Cc1cc(Cl)ccc1C(=O)C(C)Cl. The maximum Gasteiger partial charge on any atom is 0.180 e. The summed E-state index contributed by atoms with van der Waals surface area (Å²) in [5.74, 6) is -0.0594. The van der Waals surface area contributed by atoms with E-state index in [-0.39, 0.29) is 5.78 Å². The van der Waals surface area contributed by atoms with Crippen LogP contribution < -0.4 is 0 Å². The van der Waals surface area contributed by atoms with Crippen LogP contribution in [0.5, 0.6) is 0 Å². The molecule has 0 bridgehead atoms. The Labute approximate surface area is 87.7 Å². The van der Waals surface area contributed by atoms with Crippen molar-refractivity contribution in [3.05, 3.63) is 34.3 Å². The van der Waals surface area contributed by atoms with E-state index in [1.807, 2.05) is 6.92 Å². The number of aryl methyl sites for hydroxylation is 1. The number of benzene rings is 1. The number of hydrogen-bond donors (Lipinski definition) is 0. The van der Waals surface area contributed by atoms with Gasteiger partial charge in [-0.2, -0.15) is 0 Å². The average Bonchev–Trinajstić information content (AvgIpc) is 2.03. The Morgan fingerprint density at radius 2 is 2.08 bits per heavy atom. The number of hydrogen-bond acceptors (Lipinski definition) is 1. The van der Waals surface area contributed by atoms with E-state index >= 15 is 0 Å². The van der Waals surface area contributed by atoms with Crippen molar-refractivity contribution in [1.29, 1.82) is 0 Å². The number of carbonyl (C=O) groups excluding carboxylic acids is 1. The van der Waals surface area contributed by atoms with Gasteiger partial charge in [0.15, 0.2) is 5.78 Å². The molecule has 0 aliphatic rings. The van der Waals surface area contributed by atoms with Crippen molar-refractivity contribution in [2.24, 2.45) is 0 Å². The third-order valence-corrected chi connectivity index (χ3v) is 2.25. The maximum atomic E-state index is 11.5. The number of rotatable bonds is 2. The fourth-order valence-corrected chi connectivity index (χ4v) is 1.46. The summed E-state index contributed by atoms with van der Waals surface area (Å²) >= 11 is 11.4. The zero-order valence-corrected chi connectivity index (χ0v) is 8.99. The highest BCUT2D eigenvalue weighted by Crippen LogP contribution is 2.17. The van der Waals surface area contributed by atoms with Crippen molar-refractivity contribution in [1.82, 2.24) is 0 Å². The molecule has 0 heterocycles. The van der Waals surface area contributed by atoms with Gasteiger partial charge in [0.05, 0.1) is 5.38 Å². The summed E-state index contributed by atoms with van der Waals surface area (Å²) in [6.45, 7) is 3.51. The van der Waals surface area contributed by atoms with E-state index < -0.39 is 5.38 Å². The highest BCUT2D eigenvalue weighted by Gasteiger charge is 2.14. The molecule has 70 valence electrons. The van der Waals surface area contributed by atoms with Crippen LogP contribution in [0.3, 0.4) is 0 Å². The maximum absolute atomic E-state index is 11.5. The second kappa shape index (κ2) is 4.12. The van der Waals surface area contributed by atoms with Gasteiger partial charge in [0.1, 0.15) is 0 Å². The monoisotopic (exact) mass is 216 g/mol. The van der Waals surface area contributed by atoms with Crippen LogP contribution >= 0.6 is 23.2 Å². The molecule has 0 saturated heterocycles. The Bertz CT molecular complexity index is 332. The second-order valence-corrected chi connectivity index (χ2v) is 4.03. The summed E-state index contributed by atoms with van der Waals surface area (Å²) in [4.78, 5) is 11.5. The third kappa shape index (κ3) is 2.45. The minimum absolute atomic E-state index is 0.0594. The molecule has 3 heteroatoms. The van der Waals surface area contributed by atoms with E-state index in [4.69, 9.17) is 23.2 Å². The summed E-state index contributed by atoms with van der Waals surface area (Å²) in [5, 5.41) is 0.149. The number of carbonyl (C=O) groups is 1. The molecule has 0 aliphatic carbocycles. The van der Waals surface area contributed by atoms with Crippen LogP contribution in [0.15, 0.2) is 18.2 Å². The quantitative estimate of drug-likeness (QED) is 0.547. The largest absolute Gasteiger partial charge is 0.293 e. The molecule has 1 unspecified atom stereocenters. The molecule has 0 amide bonds. The van der Waals surface area contributed by atoms with Crippen molar-refractivity contribution in [3.63, 3.8) is 0 Å². The standard InChI is InChI=1S/C10H10Cl2O/c1-6-5-8(12)3-4-9(6)10(13)7(2)11/h3-5,7H,1-2H3. The normalized spacial score (nSPS) is 12.6. The highest BCUT2D eigenvalue weighted by atomic mass is 35.5. The van der Waals surface area contributed by atoms with E-state index in [9.17, 15) is 4.79 Å². The third-order valence-electron chi connectivity index (χ3n) is 1.82. The zero-order valence-electron chi connectivity index (χ0n) is 7.47. The van der Waals surface area contributed by atoms with Gasteiger partial charge >= 0.3 is 0 Å². The second-order valence-electron chi connectivity index (χ2n) is 2.94. The van der Waals surface area contributed by atoms with Gasteiger partial charge in [0.25, 0.3) is 0 Å². The van der Waals surface area contributed by atoms with Crippen molar-refractivity contribution in [2.75, 3.05) is 0 Å². The molecule has 1 aromatic carbocycles. The number of Topliss-reactive ketones (excluding diaryl/α,β-unsaturated/α-hetero) is 1. The first-order valence-electron chi connectivity index (χ1n) is 3.97. The predicted molar refractivity (Wildman–Crippen MR) is 55.8 cm³/mol. The Hall–Kier alpha value is -0.530. The average molecular weight is 217 g/mol. The van der Waals surface area contributed by atoms with Gasteiger partial charge in [-0.1, -0.05) is 11.6 Å². The molecule has 1 atom stereocenters. The fourth-order valence-electron chi connectivity index (χ4n) is 1.12. The lowest BCUT2D eigenvalue weighted by Gasteiger charge is -2.06. The van der Waals surface area contributed by atoms with Gasteiger partial charge in [-0.3, -0.25) is 4.79 Å². The molecule has 0 N–H and O–H groups in total. The van der Waals surface area contributed by atoms with E-state index in [0.717, 1.165) is 5.56 Å². The molecular formula is C10H10Cl2O. The summed E-state index contributed by atoms with van der Waals surface area (Å²) in [6, 6.07) is 5.16. The molecule has 0 spiro atoms. The number of ketones is 1.